The predicted octanol–water partition coefficient (Wildman–Crippen LogP) is 7.06. The van der Waals surface area contributed by atoms with Gasteiger partial charge in [-0.15, -0.1) is 11.3 Å². The van der Waals surface area contributed by atoms with Gasteiger partial charge in [-0.25, -0.2) is 9.78 Å². The fraction of sp³-hybridized carbons (Fsp3) is 0.0435. The Balaban J connectivity index is 1.34. The Hall–Kier alpha value is -3.96. The number of urea groups is 1. The van der Waals surface area contributed by atoms with Gasteiger partial charge in [0.1, 0.15) is 6.33 Å². The normalized spacial score (nSPS) is 11.5. The highest BCUT2D eigenvalue weighted by molar-refractivity contribution is 7.22. The molecule has 0 aliphatic carbocycles. The Labute approximate surface area is 205 Å². The highest BCUT2D eigenvalue weighted by atomic mass is 35.5. The zero-order chi connectivity index (χ0) is 24.6. The lowest BCUT2D eigenvalue weighted by Crippen LogP contribution is -2.19. The first-order valence-electron chi connectivity index (χ1n) is 10.1. The Morgan fingerprint density at radius 2 is 1.71 bits per heavy atom. The number of H-pyrrole nitrogens is 1. The number of nitrogens with one attached hydrogen (secondary N) is 3. The van der Waals surface area contributed by atoms with Gasteiger partial charge >= 0.3 is 12.2 Å². The van der Waals surface area contributed by atoms with Gasteiger partial charge < -0.3 is 10.6 Å². The fourth-order valence-corrected chi connectivity index (χ4v) is 4.67. The first-order valence-corrected chi connectivity index (χ1v) is 11.3. The van der Waals surface area contributed by atoms with E-state index in [1.807, 2.05) is 18.2 Å². The van der Waals surface area contributed by atoms with Crippen LogP contribution in [0.25, 0.3) is 31.9 Å². The van der Waals surface area contributed by atoms with Gasteiger partial charge in [-0.05, 0) is 53.9 Å². The van der Waals surface area contributed by atoms with E-state index in [1.165, 1.54) is 12.4 Å². The van der Waals surface area contributed by atoms with E-state index in [9.17, 15) is 18.0 Å². The van der Waals surface area contributed by atoms with E-state index in [2.05, 4.69) is 30.8 Å². The topological polar surface area (TPSA) is 95.6 Å². The van der Waals surface area contributed by atoms with Gasteiger partial charge in [0.2, 0.25) is 0 Å². The van der Waals surface area contributed by atoms with Gasteiger partial charge in [0.05, 0.1) is 10.6 Å². The van der Waals surface area contributed by atoms with Crippen LogP contribution in [0.1, 0.15) is 5.56 Å². The highest BCUT2D eigenvalue weighted by Gasteiger charge is 2.33. The van der Waals surface area contributed by atoms with E-state index < -0.39 is 22.8 Å². The number of anilines is 2. The summed E-state index contributed by atoms with van der Waals surface area (Å²) in [6, 6.07) is 11.8. The molecule has 12 heteroatoms. The van der Waals surface area contributed by atoms with Gasteiger partial charge in [0, 0.05) is 44.5 Å². The minimum Gasteiger partial charge on any atom is -0.308 e. The van der Waals surface area contributed by atoms with Crippen molar-refractivity contribution in [3.8, 4) is 21.8 Å². The number of thiophene rings is 1. The molecule has 0 spiro atoms. The molecule has 0 aliphatic heterocycles. The molecule has 0 unspecified atom stereocenters. The maximum absolute atomic E-state index is 13.1. The molecule has 3 N–H and O–H groups in total. The van der Waals surface area contributed by atoms with Crippen LogP contribution in [0.5, 0.6) is 0 Å². The van der Waals surface area contributed by atoms with Crippen LogP contribution in [0.15, 0.2) is 67.3 Å². The number of benzene rings is 2. The molecule has 2 amide bonds. The summed E-state index contributed by atoms with van der Waals surface area (Å²) >= 11 is 7.18. The van der Waals surface area contributed by atoms with E-state index in [0.717, 1.165) is 38.2 Å². The lowest BCUT2D eigenvalue weighted by molar-refractivity contribution is -0.137. The highest BCUT2D eigenvalue weighted by Crippen LogP contribution is 2.37. The number of aromatic amines is 1. The molecule has 0 bridgehead atoms. The van der Waals surface area contributed by atoms with Crippen LogP contribution < -0.4 is 10.6 Å². The Bertz CT molecular complexity index is 1530. The van der Waals surface area contributed by atoms with E-state index in [4.69, 9.17) is 11.6 Å². The smallest absolute Gasteiger partial charge is 0.308 e. The third-order valence-electron chi connectivity index (χ3n) is 5.02. The summed E-state index contributed by atoms with van der Waals surface area (Å²) in [7, 11) is 0. The monoisotopic (exact) mass is 514 g/mol. The van der Waals surface area contributed by atoms with Crippen molar-refractivity contribution in [3.05, 3.63) is 77.8 Å². The summed E-state index contributed by atoms with van der Waals surface area (Å²) in [5.41, 5.74) is 1.13. The SMILES string of the molecule is O=C(Nc1ccc(Cl)c(C(F)(F)F)c1)Nc1ccc2sc(-c3cncc(-c4ncn[nH]4)c3)cc2c1. The summed E-state index contributed by atoms with van der Waals surface area (Å²) in [5.74, 6) is 0.612. The van der Waals surface area contributed by atoms with E-state index in [-0.39, 0.29) is 5.69 Å². The number of carbonyl (C=O) groups is 1. The average molecular weight is 515 g/mol. The van der Waals surface area contributed by atoms with Crippen molar-refractivity contribution < 1.29 is 18.0 Å². The number of hydrogen-bond donors (Lipinski definition) is 3. The Morgan fingerprint density at radius 3 is 2.46 bits per heavy atom. The fourth-order valence-electron chi connectivity index (χ4n) is 3.43. The molecule has 3 heterocycles. The molecule has 3 aromatic heterocycles. The van der Waals surface area contributed by atoms with Crippen LogP contribution in [0.3, 0.4) is 0 Å². The quantitative estimate of drug-likeness (QED) is 0.239. The van der Waals surface area contributed by atoms with Crippen molar-refractivity contribution >= 4 is 50.4 Å². The van der Waals surface area contributed by atoms with Gasteiger partial charge in [-0.3, -0.25) is 10.1 Å². The number of rotatable bonds is 4. The third-order valence-corrected chi connectivity index (χ3v) is 6.51. The molecule has 0 radical (unpaired) electrons. The molecule has 5 rings (SSSR count). The van der Waals surface area contributed by atoms with Gasteiger partial charge in [-0.1, -0.05) is 11.6 Å². The second kappa shape index (κ2) is 9.01. The van der Waals surface area contributed by atoms with Crippen LogP contribution in [-0.2, 0) is 6.18 Å². The summed E-state index contributed by atoms with van der Waals surface area (Å²) in [6.45, 7) is 0. The summed E-state index contributed by atoms with van der Waals surface area (Å²) in [4.78, 5) is 21.8. The van der Waals surface area contributed by atoms with E-state index >= 15 is 0 Å². The van der Waals surface area contributed by atoms with Crippen LogP contribution in [0.4, 0.5) is 29.3 Å². The van der Waals surface area contributed by atoms with Crippen molar-refractivity contribution in [1.82, 2.24) is 20.2 Å². The van der Waals surface area contributed by atoms with Crippen LogP contribution in [-0.4, -0.2) is 26.2 Å². The molecule has 176 valence electrons. The number of carbonyl (C=O) groups excluding carboxylic acids is 1. The molecule has 2 aromatic carbocycles. The van der Waals surface area contributed by atoms with Crippen LogP contribution in [0.2, 0.25) is 5.02 Å². The van der Waals surface area contributed by atoms with Crippen molar-refractivity contribution in [2.75, 3.05) is 10.6 Å². The number of aromatic nitrogens is 4. The second-order valence-corrected chi connectivity index (χ2v) is 8.92. The zero-order valence-corrected chi connectivity index (χ0v) is 19.1. The molecule has 0 atom stereocenters. The molecule has 5 aromatic rings. The van der Waals surface area contributed by atoms with Crippen LogP contribution >= 0.6 is 22.9 Å². The van der Waals surface area contributed by atoms with E-state index in [1.54, 1.807) is 35.9 Å². The molecular weight excluding hydrogens is 501 g/mol. The average Bonchev–Trinajstić information content (AvgIpc) is 3.50. The molecule has 0 saturated carbocycles. The molecule has 35 heavy (non-hydrogen) atoms. The minimum absolute atomic E-state index is 0.0303. The van der Waals surface area contributed by atoms with Crippen molar-refractivity contribution in [1.29, 1.82) is 0 Å². The Morgan fingerprint density at radius 1 is 0.971 bits per heavy atom. The zero-order valence-electron chi connectivity index (χ0n) is 17.5. The number of hydrogen-bond acceptors (Lipinski definition) is 5. The number of amides is 2. The minimum atomic E-state index is -4.63. The predicted molar refractivity (Wildman–Crippen MR) is 130 cm³/mol. The van der Waals surface area contributed by atoms with Crippen molar-refractivity contribution in [2.45, 2.75) is 6.18 Å². The Kier molecular flexibility index (Phi) is 5.87. The molecule has 0 fully saturated rings. The van der Waals surface area contributed by atoms with E-state index in [0.29, 0.717) is 11.5 Å². The van der Waals surface area contributed by atoms with Gasteiger partial charge in [-0.2, -0.15) is 18.3 Å². The standard InChI is InChI=1S/C23H14ClF3N6OS/c24-18-3-1-16(8-17(18)23(25,26)27)32-22(34)31-15-2-4-19-12(6-15)7-20(35-19)13-5-14(10-28-9-13)21-29-11-30-33-21/h1-11H,(H,29,30,33)(H2,31,32,34). The summed E-state index contributed by atoms with van der Waals surface area (Å²) in [5, 5.41) is 12.2. The molecule has 7 nitrogen and oxygen atoms in total. The second-order valence-electron chi connectivity index (χ2n) is 7.43. The largest absolute Gasteiger partial charge is 0.417 e. The molecule has 0 aliphatic rings. The number of halogens is 4. The maximum Gasteiger partial charge on any atom is 0.417 e. The number of nitrogens with zero attached hydrogens (tertiary/aromatic N) is 3. The number of fused-ring (bicyclic) bond motifs is 1. The van der Waals surface area contributed by atoms with Crippen molar-refractivity contribution in [2.24, 2.45) is 0 Å². The first-order chi connectivity index (χ1) is 16.8. The number of alkyl halides is 3. The third kappa shape index (κ3) is 4.96. The van der Waals surface area contributed by atoms with Crippen LogP contribution in [0, 0.1) is 0 Å². The lowest BCUT2D eigenvalue weighted by Gasteiger charge is -2.12. The van der Waals surface area contributed by atoms with Crippen molar-refractivity contribution in [3.63, 3.8) is 0 Å². The number of pyridine rings is 1. The lowest BCUT2D eigenvalue weighted by atomic mass is 10.1. The molecular formula is C23H14ClF3N6OS. The van der Waals surface area contributed by atoms with Gasteiger partial charge in [0.25, 0.3) is 0 Å². The summed E-state index contributed by atoms with van der Waals surface area (Å²) < 4.78 is 40.2. The maximum atomic E-state index is 13.1. The van der Waals surface area contributed by atoms with Gasteiger partial charge in [0.15, 0.2) is 5.82 Å². The molecule has 0 saturated heterocycles. The first kappa shape index (κ1) is 22.8. The summed E-state index contributed by atoms with van der Waals surface area (Å²) in [6.07, 6.45) is 0.236.